The number of carbonyl (C=O) groups is 1. The molecule has 0 aliphatic heterocycles. The lowest BCUT2D eigenvalue weighted by molar-refractivity contribution is -0.133. The Hall–Kier alpha value is -1.31. The van der Waals surface area contributed by atoms with Crippen molar-refractivity contribution in [2.45, 2.75) is 18.1 Å². The summed E-state index contributed by atoms with van der Waals surface area (Å²) in [6.45, 7) is 2.45. The monoisotopic (exact) mass is 315 g/mol. The number of carboxylic acids is 1. The van der Waals surface area contributed by atoms with Crippen molar-refractivity contribution in [3.8, 4) is 0 Å². The van der Waals surface area contributed by atoms with Gasteiger partial charge in [-0.2, -0.15) is 0 Å². The van der Waals surface area contributed by atoms with Gasteiger partial charge in [0, 0.05) is 13.3 Å². The predicted molar refractivity (Wildman–Crippen MR) is 77.5 cm³/mol. The Bertz CT molecular complexity index is 632. The molecular formula is C12H14ClN3O3S. The van der Waals surface area contributed by atoms with Crippen LogP contribution in [-0.4, -0.2) is 45.1 Å². The Labute approximate surface area is 125 Å². The van der Waals surface area contributed by atoms with E-state index in [0.29, 0.717) is 27.9 Å². The maximum atomic E-state index is 10.7. The molecular weight excluding hydrogens is 302 g/mol. The topological polar surface area (TPSA) is 77.2 Å². The molecule has 2 rings (SSSR count). The molecule has 0 saturated heterocycles. The highest BCUT2D eigenvalue weighted by Gasteiger charge is 2.18. The van der Waals surface area contributed by atoms with Crippen LogP contribution in [0.2, 0.25) is 5.02 Å². The smallest absolute Gasteiger partial charge is 0.313 e. The first-order valence-electron chi connectivity index (χ1n) is 5.90. The predicted octanol–water partition coefficient (Wildman–Crippen LogP) is 2.47. The second kappa shape index (κ2) is 6.43. The van der Waals surface area contributed by atoms with Crippen LogP contribution in [0.5, 0.6) is 0 Å². The first kappa shape index (κ1) is 15.1. The van der Waals surface area contributed by atoms with Gasteiger partial charge in [0.25, 0.3) is 0 Å². The number of fused-ring (bicyclic) bond motifs is 1. The van der Waals surface area contributed by atoms with Crippen LogP contribution in [-0.2, 0) is 9.53 Å². The Morgan fingerprint density at radius 1 is 1.65 bits per heavy atom. The molecule has 20 heavy (non-hydrogen) atoms. The normalized spacial score (nSPS) is 12.8. The third-order valence-electron chi connectivity index (χ3n) is 2.64. The molecule has 1 unspecified atom stereocenters. The van der Waals surface area contributed by atoms with Crippen molar-refractivity contribution in [1.29, 1.82) is 0 Å². The number of imidazole rings is 1. The number of hydrogen-bond donors (Lipinski definition) is 1. The van der Waals surface area contributed by atoms with Gasteiger partial charge in [0.05, 0.1) is 23.4 Å². The van der Waals surface area contributed by atoms with Gasteiger partial charge in [-0.1, -0.05) is 23.4 Å². The molecule has 0 amide bonds. The Morgan fingerprint density at radius 3 is 3.05 bits per heavy atom. The summed E-state index contributed by atoms with van der Waals surface area (Å²) in [5.41, 5.74) is 1.32. The number of aliphatic carboxylic acids is 1. The van der Waals surface area contributed by atoms with E-state index in [2.05, 4.69) is 9.97 Å². The van der Waals surface area contributed by atoms with Crippen LogP contribution in [0.1, 0.15) is 13.0 Å². The zero-order chi connectivity index (χ0) is 14.7. The van der Waals surface area contributed by atoms with Gasteiger partial charge in [0.1, 0.15) is 5.52 Å². The fourth-order valence-corrected chi connectivity index (χ4v) is 2.85. The lowest BCUT2D eigenvalue weighted by Gasteiger charge is -2.15. The van der Waals surface area contributed by atoms with E-state index in [9.17, 15) is 4.79 Å². The summed E-state index contributed by atoms with van der Waals surface area (Å²) in [6, 6.07) is 1.71. The zero-order valence-electron chi connectivity index (χ0n) is 11.0. The molecule has 0 radical (unpaired) electrons. The summed E-state index contributed by atoms with van der Waals surface area (Å²) >= 11 is 7.07. The number of hydrogen-bond acceptors (Lipinski definition) is 5. The zero-order valence-corrected chi connectivity index (χ0v) is 12.6. The summed E-state index contributed by atoms with van der Waals surface area (Å²) < 4.78 is 7.03. The molecule has 0 fully saturated rings. The first-order valence-corrected chi connectivity index (χ1v) is 7.26. The van der Waals surface area contributed by atoms with E-state index in [4.69, 9.17) is 21.4 Å². The quantitative estimate of drug-likeness (QED) is 0.825. The van der Waals surface area contributed by atoms with Gasteiger partial charge in [-0.25, -0.2) is 9.97 Å². The van der Waals surface area contributed by atoms with Crippen LogP contribution < -0.4 is 0 Å². The molecule has 0 saturated carbocycles. The van der Waals surface area contributed by atoms with Crippen molar-refractivity contribution in [1.82, 2.24) is 14.5 Å². The molecule has 2 aromatic rings. The summed E-state index contributed by atoms with van der Waals surface area (Å²) in [5, 5.41) is 9.90. The molecule has 1 N–H and O–H groups in total. The Kier molecular flexibility index (Phi) is 4.85. The summed E-state index contributed by atoms with van der Waals surface area (Å²) in [4.78, 5) is 19.4. The molecule has 2 aromatic heterocycles. The van der Waals surface area contributed by atoms with Crippen LogP contribution in [0.4, 0.5) is 0 Å². The second-order valence-electron chi connectivity index (χ2n) is 4.25. The van der Waals surface area contributed by atoms with Crippen LogP contribution >= 0.6 is 23.4 Å². The fourth-order valence-electron chi connectivity index (χ4n) is 1.88. The van der Waals surface area contributed by atoms with E-state index in [1.54, 1.807) is 19.4 Å². The van der Waals surface area contributed by atoms with Gasteiger partial charge in [-0.05, 0) is 13.0 Å². The Balaban J connectivity index is 2.47. The first-order chi connectivity index (χ1) is 9.52. The fraction of sp³-hybridized carbons (Fsp3) is 0.417. The minimum absolute atomic E-state index is 0.00466. The molecule has 0 aliphatic carbocycles. The van der Waals surface area contributed by atoms with Crippen LogP contribution in [0.25, 0.3) is 11.2 Å². The van der Waals surface area contributed by atoms with Crippen LogP contribution in [0.15, 0.2) is 17.4 Å². The average Bonchev–Trinajstić information content (AvgIpc) is 2.74. The minimum atomic E-state index is -0.890. The molecule has 108 valence electrons. The maximum Gasteiger partial charge on any atom is 0.313 e. The SMILES string of the molecule is COCC(C)n1c(SCC(=O)O)nc2cc(Cl)cnc21. The van der Waals surface area contributed by atoms with Gasteiger partial charge >= 0.3 is 5.97 Å². The van der Waals surface area contributed by atoms with Gasteiger partial charge in [0.2, 0.25) is 0 Å². The summed E-state index contributed by atoms with van der Waals surface area (Å²) in [6.07, 6.45) is 1.55. The second-order valence-corrected chi connectivity index (χ2v) is 5.63. The summed E-state index contributed by atoms with van der Waals surface area (Å²) in [5.74, 6) is -0.949. The number of methoxy groups -OCH3 is 1. The largest absolute Gasteiger partial charge is 0.481 e. The van der Waals surface area contributed by atoms with Crippen molar-refractivity contribution in [2.75, 3.05) is 19.5 Å². The van der Waals surface area contributed by atoms with Crippen molar-refractivity contribution in [3.63, 3.8) is 0 Å². The number of thioether (sulfide) groups is 1. The molecule has 0 aromatic carbocycles. The number of nitrogens with zero attached hydrogens (tertiary/aromatic N) is 3. The number of aromatic nitrogens is 3. The van der Waals surface area contributed by atoms with E-state index < -0.39 is 5.97 Å². The van der Waals surface area contributed by atoms with Crippen molar-refractivity contribution in [3.05, 3.63) is 17.3 Å². The molecule has 0 aliphatic rings. The molecule has 0 spiro atoms. The highest BCUT2D eigenvalue weighted by Crippen LogP contribution is 2.28. The number of carboxylic acid groups (broad SMARTS) is 1. The van der Waals surface area contributed by atoms with Crippen molar-refractivity contribution < 1.29 is 14.6 Å². The minimum Gasteiger partial charge on any atom is -0.481 e. The molecule has 8 heteroatoms. The van der Waals surface area contributed by atoms with Gasteiger partial charge in [0.15, 0.2) is 10.8 Å². The lowest BCUT2D eigenvalue weighted by Crippen LogP contribution is -2.13. The van der Waals surface area contributed by atoms with Gasteiger partial charge in [-0.15, -0.1) is 0 Å². The molecule has 2 heterocycles. The van der Waals surface area contributed by atoms with E-state index in [-0.39, 0.29) is 11.8 Å². The van der Waals surface area contributed by atoms with E-state index in [1.807, 2.05) is 11.5 Å². The van der Waals surface area contributed by atoms with Crippen LogP contribution in [0.3, 0.4) is 0 Å². The number of rotatable bonds is 6. The standard InChI is InChI=1S/C12H14ClN3O3S/c1-7(5-19-2)16-11-9(3-8(13)4-14-11)15-12(16)20-6-10(17)18/h3-4,7H,5-6H2,1-2H3,(H,17,18). The Morgan fingerprint density at radius 2 is 2.40 bits per heavy atom. The van der Waals surface area contributed by atoms with E-state index in [1.165, 1.54) is 0 Å². The van der Waals surface area contributed by atoms with Crippen LogP contribution in [0, 0.1) is 0 Å². The highest BCUT2D eigenvalue weighted by atomic mass is 35.5. The molecule has 6 nitrogen and oxygen atoms in total. The van der Waals surface area contributed by atoms with E-state index >= 15 is 0 Å². The molecule has 0 bridgehead atoms. The number of pyridine rings is 1. The third kappa shape index (κ3) is 3.23. The molecule has 1 atom stereocenters. The van der Waals surface area contributed by atoms with E-state index in [0.717, 1.165) is 11.8 Å². The average molecular weight is 316 g/mol. The maximum absolute atomic E-state index is 10.7. The van der Waals surface area contributed by atoms with Crippen molar-refractivity contribution in [2.24, 2.45) is 0 Å². The lowest BCUT2D eigenvalue weighted by atomic mass is 10.3. The highest BCUT2D eigenvalue weighted by molar-refractivity contribution is 7.99. The van der Waals surface area contributed by atoms with Gasteiger partial charge < -0.3 is 9.84 Å². The number of halogens is 1. The third-order valence-corrected chi connectivity index (χ3v) is 3.78. The van der Waals surface area contributed by atoms with Gasteiger partial charge in [-0.3, -0.25) is 9.36 Å². The number of ether oxygens (including phenoxy) is 1. The van der Waals surface area contributed by atoms with Crippen molar-refractivity contribution >= 4 is 40.5 Å². The summed E-state index contributed by atoms with van der Waals surface area (Å²) in [7, 11) is 1.62.